The summed E-state index contributed by atoms with van der Waals surface area (Å²) < 4.78 is 0. The number of rotatable bonds is 6. The molecule has 0 aliphatic rings. The molecular formula is C16H17NO3. The van der Waals surface area contributed by atoms with E-state index in [0.29, 0.717) is 0 Å². The van der Waals surface area contributed by atoms with Gasteiger partial charge in [-0.2, -0.15) is 5.48 Å². The number of aliphatic carboxylic acids is 1. The second kappa shape index (κ2) is 6.84. The van der Waals surface area contributed by atoms with Crippen LogP contribution in [0.5, 0.6) is 0 Å². The summed E-state index contributed by atoms with van der Waals surface area (Å²) in [5.41, 5.74) is 4.43. The van der Waals surface area contributed by atoms with Gasteiger partial charge in [-0.1, -0.05) is 60.7 Å². The first-order valence-corrected chi connectivity index (χ1v) is 6.35. The van der Waals surface area contributed by atoms with E-state index in [0.717, 1.165) is 11.1 Å². The van der Waals surface area contributed by atoms with Crippen molar-refractivity contribution in [2.24, 2.45) is 0 Å². The molecule has 0 bridgehead atoms. The van der Waals surface area contributed by atoms with Gasteiger partial charge in [-0.3, -0.25) is 4.79 Å². The summed E-state index contributed by atoms with van der Waals surface area (Å²) in [6, 6.07) is 18.2. The molecule has 0 spiro atoms. The molecule has 20 heavy (non-hydrogen) atoms. The molecule has 0 saturated carbocycles. The van der Waals surface area contributed by atoms with Gasteiger partial charge >= 0.3 is 5.97 Å². The predicted molar refractivity (Wildman–Crippen MR) is 76.3 cm³/mol. The molecule has 0 radical (unpaired) electrons. The quantitative estimate of drug-likeness (QED) is 0.792. The largest absolute Gasteiger partial charge is 0.480 e. The van der Waals surface area contributed by atoms with Crippen molar-refractivity contribution in [3.8, 4) is 0 Å². The average molecular weight is 271 g/mol. The maximum absolute atomic E-state index is 11.5. The Hall–Kier alpha value is -2.17. The smallest absolute Gasteiger partial charge is 0.324 e. The fourth-order valence-corrected chi connectivity index (χ4v) is 2.29. The maximum Gasteiger partial charge on any atom is 0.324 e. The molecule has 2 N–H and O–H groups in total. The van der Waals surface area contributed by atoms with Gasteiger partial charge in [-0.15, -0.1) is 0 Å². The van der Waals surface area contributed by atoms with Crippen molar-refractivity contribution in [3.63, 3.8) is 0 Å². The summed E-state index contributed by atoms with van der Waals surface area (Å²) in [5.74, 6) is -1.28. The number of hydrogen-bond acceptors (Lipinski definition) is 3. The Bertz CT molecular complexity index is 503. The van der Waals surface area contributed by atoms with Crippen molar-refractivity contribution in [1.29, 1.82) is 0 Å². The lowest BCUT2D eigenvalue weighted by Gasteiger charge is -2.25. The summed E-state index contributed by atoms with van der Waals surface area (Å²) >= 11 is 0. The predicted octanol–water partition coefficient (Wildman–Crippen LogP) is 2.42. The summed E-state index contributed by atoms with van der Waals surface area (Å²) in [6.07, 6.45) is 0. The minimum Gasteiger partial charge on any atom is -0.480 e. The van der Waals surface area contributed by atoms with Crippen LogP contribution < -0.4 is 5.48 Å². The summed E-state index contributed by atoms with van der Waals surface area (Å²) in [5, 5.41) is 9.45. The third-order valence-corrected chi connectivity index (χ3v) is 3.16. The zero-order valence-corrected chi connectivity index (χ0v) is 11.2. The van der Waals surface area contributed by atoms with Crippen LogP contribution >= 0.6 is 0 Å². The second-order valence-electron chi connectivity index (χ2n) is 4.44. The molecule has 0 amide bonds. The Balaban J connectivity index is 2.46. The molecule has 0 aliphatic carbocycles. The van der Waals surface area contributed by atoms with Gasteiger partial charge in [0, 0.05) is 5.92 Å². The number of hydrogen-bond donors (Lipinski definition) is 2. The van der Waals surface area contributed by atoms with E-state index in [-0.39, 0.29) is 5.92 Å². The number of hydroxylamine groups is 1. The number of carbonyl (C=O) groups is 1. The van der Waals surface area contributed by atoms with Crippen molar-refractivity contribution in [2.75, 3.05) is 7.11 Å². The lowest BCUT2D eigenvalue weighted by Crippen LogP contribution is -2.41. The van der Waals surface area contributed by atoms with E-state index >= 15 is 0 Å². The lowest BCUT2D eigenvalue weighted by atomic mass is 9.85. The first-order chi connectivity index (χ1) is 9.74. The molecule has 4 heteroatoms. The highest BCUT2D eigenvalue weighted by atomic mass is 16.6. The Morgan fingerprint density at radius 3 is 1.80 bits per heavy atom. The fraction of sp³-hybridized carbons (Fsp3) is 0.188. The molecule has 2 aromatic carbocycles. The number of benzene rings is 2. The highest BCUT2D eigenvalue weighted by Gasteiger charge is 2.30. The van der Waals surface area contributed by atoms with Crippen LogP contribution in [0, 0.1) is 0 Å². The van der Waals surface area contributed by atoms with Crippen molar-refractivity contribution in [1.82, 2.24) is 5.48 Å². The van der Waals surface area contributed by atoms with Gasteiger partial charge in [0.2, 0.25) is 0 Å². The molecule has 1 atom stereocenters. The third-order valence-electron chi connectivity index (χ3n) is 3.16. The molecule has 0 saturated heterocycles. The lowest BCUT2D eigenvalue weighted by molar-refractivity contribution is -0.143. The van der Waals surface area contributed by atoms with Crippen LogP contribution in [0.3, 0.4) is 0 Å². The highest BCUT2D eigenvalue weighted by Crippen LogP contribution is 2.28. The molecule has 0 fully saturated rings. The molecule has 0 aliphatic heterocycles. The van der Waals surface area contributed by atoms with E-state index in [9.17, 15) is 9.90 Å². The summed E-state index contributed by atoms with van der Waals surface area (Å²) in [7, 11) is 1.42. The molecule has 2 aromatic rings. The van der Waals surface area contributed by atoms with E-state index in [2.05, 4.69) is 5.48 Å². The minimum atomic E-state index is -0.954. The van der Waals surface area contributed by atoms with E-state index in [1.165, 1.54) is 7.11 Å². The van der Waals surface area contributed by atoms with Crippen LogP contribution in [-0.2, 0) is 9.63 Å². The normalized spacial score (nSPS) is 12.3. The highest BCUT2D eigenvalue weighted by molar-refractivity contribution is 5.76. The van der Waals surface area contributed by atoms with Gasteiger partial charge in [0.25, 0.3) is 0 Å². The van der Waals surface area contributed by atoms with Crippen LogP contribution in [0.15, 0.2) is 60.7 Å². The molecule has 4 nitrogen and oxygen atoms in total. The molecule has 0 unspecified atom stereocenters. The summed E-state index contributed by atoms with van der Waals surface area (Å²) in [6.45, 7) is 0. The topological polar surface area (TPSA) is 58.6 Å². The molecule has 104 valence electrons. The Morgan fingerprint density at radius 1 is 1.00 bits per heavy atom. The molecule has 0 heterocycles. The zero-order chi connectivity index (χ0) is 14.4. The first-order valence-electron chi connectivity index (χ1n) is 6.35. The van der Waals surface area contributed by atoms with Crippen LogP contribution in [0.2, 0.25) is 0 Å². The van der Waals surface area contributed by atoms with Crippen LogP contribution in [0.4, 0.5) is 0 Å². The van der Waals surface area contributed by atoms with Gasteiger partial charge in [-0.25, -0.2) is 0 Å². The monoisotopic (exact) mass is 271 g/mol. The maximum atomic E-state index is 11.5. The van der Waals surface area contributed by atoms with Crippen molar-refractivity contribution in [3.05, 3.63) is 71.8 Å². The zero-order valence-electron chi connectivity index (χ0n) is 11.2. The van der Waals surface area contributed by atoms with Gasteiger partial charge in [0.05, 0.1) is 7.11 Å². The van der Waals surface area contributed by atoms with Crippen molar-refractivity contribution in [2.45, 2.75) is 12.0 Å². The fourth-order valence-electron chi connectivity index (χ4n) is 2.29. The standard InChI is InChI=1S/C16H17NO3/c1-20-17-15(16(18)19)14(12-8-4-2-5-9-12)13-10-6-3-7-11-13/h2-11,14-15,17H,1H3,(H,18,19)/t15-/m0/s1. The summed E-state index contributed by atoms with van der Waals surface area (Å²) in [4.78, 5) is 16.4. The number of nitrogens with one attached hydrogen (secondary N) is 1. The third kappa shape index (κ3) is 3.23. The minimum absolute atomic E-state index is 0.324. The first kappa shape index (κ1) is 14.2. The Morgan fingerprint density at radius 2 is 1.45 bits per heavy atom. The Kier molecular flexibility index (Phi) is 4.87. The van der Waals surface area contributed by atoms with Gasteiger partial charge < -0.3 is 9.94 Å². The van der Waals surface area contributed by atoms with E-state index in [1.54, 1.807) is 0 Å². The van der Waals surface area contributed by atoms with Gasteiger partial charge in [0.15, 0.2) is 0 Å². The molecule has 2 rings (SSSR count). The number of carboxylic acids is 1. The van der Waals surface area contributed by atoms with Gasteiger partial charge in [0.1, 0.15) is 6.04 Å². The van der Waals surface area contributed by atoms with Crippen LogP contribution in [0.25, 0.3) is 0 Å². The van der Waals surface area contributed by atoms with Crippen LogP contribution in [-0.4, -0.2) is 24.2 Å². The number of carboxylic acid groups (broad SMARTS) is 1. The van der Waals surface area contributed by atoms with E-state index in [1.807, 2.05) is 60.7 Å². The van der Waals surface area contributed by atoms with Crippen molar-refractivity contribution >= 4 is 5.97 Å². The average Bonchev–Trinajstić information content (AvgIpc) is 2.49. The van der Waals surface area contributed by atoms with E-state index < -0.39 is 12.0 Å². The second-order valence-corrected chi connectivity index (χ2v) is 4.44. The van der Waals surface area contributed by atoms with Gasteiger partial charge in [-0.05, 0) is 11.1 Å². The van der Waals surface area contributed by atoms with Crippen molar-refractivity contribution < 1.29 is 14.7 Å². The molecule has 0 aromatic heterocycles. The Labute approximate surface area is 118 Å². The molecular weight excluding hydrogens is 254 g/mol. The van der Waals surface area contributed by atoms with E-state index in [4.69, 9.17) is 4.84 Å². The SMILES string of the molecule is CON[C@H](C(=O)O)C(c1ccccc1)c1ccccc1. The van der Waals surface area contributed by atoms with Crippen LogP contribution in [0.1, 0.15) is 17.0 Å².